The minimum absolute atomic E-state index is 0.0191. The second-order valence-corrected chi connectivity index (χ2v) is 11.8. The van der Waals surface area contributed by atoms with Crippen LogP contribution in [0.15, 0.2) is 53.4 Å². The number of carbonyl (C=O) groups is 2. The highest BCUT2D eigenvalue weighted by Gasteiger charge is 2.31. The van der Waals surface area contributed by atoms with Crippen LogP contribution in [0.5, 0.6) is 0 Å². The minimum Gasteiger partial charge on any atom is -0.322 e. The zero-order chi connectivity index (χ0) is 22.9. The lowest BCUT2D eigenvalue weighted by Crippen LogP contribution is -2.35. The quantitative estimate of drug-likeness (QED) is 0.649. The molecule has 0 bridgehead atoms. The van der Waals surface area contributed by atoms with E-state index in [0.717, 1.165) is 6.42 Å². The maximum absolute atomic E-state index is 12.6. The molecule has 0 unspecified atom stereocenters. The number of hydrogen-bond acceptors (Lipinski definition) is 6. The molecule has 4 rings (SSSR count). The lowest BCUT2D eigenvalue weighted by molar-refractivity contribution is -0.117. The Bertz CT molecular complexity index is 1260. The fraction of sp³-hybridized carbons (Fsp3) is 0.333. The van der Waals surface area contributed by atoms with Crippen LogP contribution in [0.1, 0.15) is 29.6 Å². The Labute approximate surface area is 186 Å². The molecule has 0 spiro atoms. The van der Waals surface area contributed by atoms with Gasteiger partial charge in [-0.25, -0.2) is 21.6 Å². The first-order valence-electron chi connectivity index (χ1n) is 10.2. The predicted molar refractivity (Wildman–Crippen MR) is 120 cm³/mol. The van der Waals surface area contributed by atoms with Gasteiger partial charge in [0.2, 0.25) is 15.9 Å². The van der Waals surface area contributed by atoms with Crippen LogP contribution in [0.4, 0.5) is 11.4 Å². The second-order valence-electron chi connectivity index (χ2n) is 7.90. The topological polar surface area (TPSA) is 130 Å². The van der Waals surface area contributed by atoms with E-state index >= 15 is 0 Å². The summed E-state index contributed by atoms with van der Waals surface area (Å²) in [6.07, 6.45) is 1.53. The van der Waals surface area contributed by atoms with Crippen LogP contribution in [-0.4, -0.2) is 52.7 Å². The first kappa shape index (κ1) is 22.4. The van der Waals surface area contributed by atoms with E-state index in [1.54, 1.807) is 29.2 Å². The van der Waals surface area contributed by atoms with Gasteiger partial charge in [0.1, 0.15) is 0 Å². The van der Waals surface area contributed by atoms with Gasteiger partial charge in [0.25, 0.3) is 5.91 Å². The highest BCUT2D eigenvalue weighted by molar-refractivity contribution is 7.92. The maximum atomic E-state index is 12.6. The highest BCUT2D eigenvalue weighted by Crippen LogP contribution is 2.23. The standard InChI is InChI=1S/C21H23N3O6S2/c25-20-5-2-11-24(20)18-4-1-3-15(13-18)21(26)22-16-6-8-19(9-7-16)32(29,30)23-17-10-12-31(27,28)14-17/h1,3-4,6-9,13,17,23H,2,5,10-12,14H2,(H,22,26)/t17-/m1/s1. The summed E-state index contributed by atoms with van der Waals surface area (Å²) in [4.78, 5) is 26.2. The molecule has 2 aliphatic heterocycles. The maximum Gasteiger partial charge on any atom is 0.255 e. The molecule has 2 fully saturated rings. The predicted octanol–water partition coefficient (Wildman–Crippen LogP) is 1.53. The monoisotopic (exact) mass is 477 g/mol. The lowest BCUT2D eigenvalue weighted by atomic mass is 10.1. The fourth-order valence-electron chi connectivity index (χ4n) is 3.83. The van der Waals surface area contributed by atoms with Gasteiger partial charge in [-0.3, -0.25) is 9.59 Å². The number of amides is 2. The number of rotatable bonds is 6. The van der Waals surface area contributed by atoms with Gasteiger partial charge in [0.15, 0.2) is 9.84 Å². The molecule has 0 aromatic heterocycles. The molecule has 2 aromatic carbocycles. The molecule has 0 radical (unpaired) electrons. The average Bonchev–Trinajstić information content (AvgIpc) is 3.32. The van der Waals surface area contributed by atoms with Crippen LogP contribution >= 0.6 is 0 Å². The van der Waals surface area contributed by atoms with Crippen LogP contribution in [0.3, 0.4) is 0 Å². The normalized spacial score (nSPS) is 20.4. The molecular weight excluding hydrogens is 454 g/mol. The number of anilines is 2. The third-order valence-corrected chi connectivity index (χ3v) is 8.77. The number of carbonyl (C=O) groups excluding carboxylic acids is 2. The summed E-state index contributed by atoms with van der Waals surface area (Å²) in [5.74, 6) is -0.590. The molecule has 1 atom stereocenters. The Hall–Kier alpha value is -2.76. The van der Waals surface area contributed by atoms with E-state index in [2.05, 4.69) is 10.0 Å². The zero-order valence-corrected chi connectivity index (χ0v) is 18.8. The Morgan fingerprint density at radius 1 is 1.09 bits per heavy atom. The Morgan fingerprint density at radius 2 is 1.84 bits per heavy atom. The van der Waals surface area contributed by atoms with Crippen molar-refractivity contribution in [2.24, 2.45) is 0 Å². The summed E-state index contributed by atoms with van der Waals surface area (Å²) in [5.41, 5.74) is 1.45. The van der Waals surface area contributed by atoms with Crippen LogP contribution in [0, 0.1) is 0 Å². The minimum atomic E-state index is -3.88. The lowest BCUT2D eigenvalue weighted by Gasteiger charge is -2.16. The number of nitrogens with zero attached hydrogens (tertiary/aromatic N) is 1. The molecule has 170 valence electrons. The summed E-state index contributed by atoms with van der Waals surface area (Å²) in [6.45, 7) is 0.626. The van der Waals surface area contributed by atoms with Crippen molar-refractivity contribution < 1.29 is 26.4 Å². The molecule has 32 heavy (non-hydrogen) atoms. The van der Waals surface area contributed by atoms with Gasteiger partial charge in [-0.2, -0.15) is 0 Å². The molecule has 2 aliphatic rings. The van der Waals surface area contributed by atoms with E-state index in [0.29, 0.717) is 29.9 Å². The van der Waals surface area contributed by atoms with Crippen molar-refractivity contribution >= 4 is 43.0 Å². The smallest absolute Gasteiger partial charge is 0.255 e. The van der Waals surface area contributed by atoms with Crippen LogP contribution < -0.4 is 14.9 Å². The second kappa shape index (κ2) is 8.64. The van der Waals surface area contributed by atoms with E-state index < -0.39 is 25.9 Å². The van der Waals surface area contributed by atoms with Gasteiger partial charge in [-0.05, 0) is 55.3 Å². The number of nitrogens with one attached hydrogen (secondary N) is 2. The van der Waals surface area contributed by atoms with Gasteiger partial charge >= 0.3 is 0 Å². The molecule has 0 aliphatic carbocycles. The van der Waals surface area contributed by atoms with Crippen molar-refractivity contribution in [2.75, 3.05) is 28.3 Å². The largest absolute Gasteiger partial charge is 0.322 e. The Balaban J connectivity index is 1.42. The van der Waals surface area contributed by atoms with Crippen LogP contribution in [0.2, 0.25) is 0 Å². The molecule has 9 nitrogen and oxygen atoms in total. The molecule has 0 saturated carbocycles. The van der Waals surface area contributed by atoms with Crippen LogP contribution in [0.25, 0.3) is 0 Å². The molecule has 2 N–H and O–H groups in total. The molecule has 2 saturated heterocycles. The SMILES string of the molecule is O=C(Nc1ccc(S(=O)(=O)N[C@@H]2CCS(=O)(=O)C2)cc1)c1cccc(N2CCCC2=O)c1. The number of hydrogen-bond donors (Lipinski definition) is 2. The van der Waals surface area contributed by atoms with Gasteiger partial charge in [0, 0.05) is 35.9 Å². The van der Waals surface area contributed by atoms with Crippen molar-refractivity contribution in [1.29, 1.82) is 0 Å². The number of benzene rings is 2. The van der Waals surface area contributed by atoms with Gasteiger partial charge in [-0.15, -0.1) is 0 Å². The van der Waals surface area contributed by atoms with E-state index in [4.69, 9.17) is 0 Å². The average molecular weight is 478 g/mol. The molecular formula is C21H23N3O6S2. The summed E-state index contributed by atoms with van der Waals surface area (Å²) in [7, 11) is -7.08. The number of sulfonamides is 1. The van der Waals surface area contributed by atoms with Crippen molar-refractivity contribution in [3.8, 4) is 0 Å². The van der Waals surface area contributed by atoms with Crippen molar-refractivity contribution in [2.45, 2.75) is 30.2 Å². The Kier molecular flexibility index (Phi) is 6.06. The first-order valence-corrected chi connectivity index (χ1v) is 13.5. The Morgan fingerprint density at radius 3 is 2.47 bits per heavy atom. The fourth-order valence-corrected chi connectivity index (χ4v) is 6.88. The van der Waals surface area contributed by atoms with Crippen molar-refractivity contribution in [3.63, 3.8) is 0 Å². The van der Waals surface area contributed by atoms with Crippen molar-refractivity contribution in [3.05, 3.63) is 54.1 Å². The molecule has 11 heteroatoms. The number of sulfone groups is 1. The third-order valence-electron chi connectivity index (χ3n) is 5.47. The van der Waals surface area contributed by atoms with Crippen LogP contribution in [-0.2, 0) is 24.7 Å². The van der Waals surface area contributed by atoms with Gasteiger partial charge in [-0.1, -0.05) is 6.07 Å². The summed E-state index contributed by atoms with van der Waals surface area (Å²) in [5, 5.41) is 2.71. The molecule has 2 heterocycles. The van der Waals surface area contributed by atoms with E-state index in [1.807, 2.05) is 0 Å². The van der Waals surface area contributed by atoms with Gasteiger partial charge < -0.3 is 10.2 Å². The zero-order valence-electron chi connectivity index (χ0n) is 17.2. The van der Waals surface area contributed by atoms with E-state index in [-0.39, 0.29) is 34.6 Å². The van der Waals surface area contributed by atoms with E-state index in [9.17, 15) is 26.4 Å². The summed E-state index contributed by atoms with van der Waals surface area (Å²) in [6, 6.07) is 11.8. The first-order chi connectivity index (χ1) is 15.1. The summed E-state index contributed by atoms with van der Waals surface area (Å²) >= 11 is 0. The van der Waals surface area contributed by atoms with E-state index in [1.165, 1.54) is 24.3 Å². The van der Waals surface area contributed by atoms with Crippen molar-refractivity contribution in [1.82, 2.24) is 4.72 Å². The molecule has 2 amide bonds. The summed E-state index contributed by atoms with van der Waals surface area (Å²) < 4.78 is 50.6. The molecule has 2 aromatic rings. The van der Waals surface area contributed by atoms with Gasteiger partial charge in [0.05, 0.1) is 16.4 Å². The third kappa shape index (κ3) is 5.00. The highest BCUT2D eigenvalue weighted by atomic mass is 32.2.